The van der Waals surface area contributed by atoms with Crippen molar-refractivity contribution in [1.29, 1.82) is 0 Å². The minimum atomic E-state index is 0.0104. The van der Waals surface area contributed by atoms with Crippen molar-refractivity contribution in [3.8, 4) is 0 Å². The van der Waals surface area contributed by atoms with Gasteiger partial charge in [0.05, 0.1) is 6.61 Å². The molecule has 0 N–H and O–H groups in total. The molecule has 0 fully saturated rings. The number of carbonyl (C=O) groups excluding carboxylic acids is 1. The van der Waals surface area contributed by atoms with Gasteiger partial charge in [0.1, 0.15) is 0 Å². The van der Waals surface area contributed by atoms with E-state index >= 15 is 0 Å². The number of ether oxygens (including phenoxy) is 1. The Morgan fingerprint density at radius 3 is 1.90 bits per heavy atom. The van der Waals surface area contributed by atoms with Gasteiger partial charge < -0.3 is 4.74 Å². The molecule has 0 amide bonds. The number of carbonyl (C=O) groups is 1. The summed E-state index contributed by atoms with van der Waals surface area (Å²) in [6.07, 6.45) is 15.3. The third kappa shape index (κ3) is 14.2. The van der Waals surface area contributed by atoms with Crippen LogP contribution in [0, 0.1) is 5.92 Å². The Balaban J connectivity index is 3.63. The van der Waals surface area contributed by atoms with E-state index in [1.807, 2.05) is 0 Å². The quantitative estimate of drug-likeness (QED) is 0.263. The molecule has 2 heteroatoms. The Morgan fingerprint density at radius 2 is 1.33 bits per heavy atom. The van der Waals surface area contributed by atoms with Crippen LogP contribution in [0.4, 0.5) is 0 Å². The second-order valence-electron chi connectivity index (χ2n) is 6.32. The summed E-state index contributed by atoms with van der Waals surface area (Å²) < 4.78 is 5.40. The van der Waals surface area contributed by atoms with Crippen LogP contribution in [-0.2, 0) is 9.53 Å². The summed E-state index contributed by atoms with van der Waals surface area (Å²) in [4.78, 5) is 11.7. The highest BCUT2D eigenvalue weighted by molar-refractivity contribution is 5.69. The van der Waals surface area contributed by atoms with Crippen molar-refractivity contribution in [3.63, 3.8) is 0 Å². The SMILES string of the molecule is CCCCCCCC(=O)OCCC(CCCC)CCCC. The van der Waals surface area contributed by atoms with Crippen LogP contribution in [-0.4, -0.2) is 12.6 Å². The second kappa shape index (κ2) is 15.9. The molecule has 0 aromatic rings. The van der Waals surface area contributed by atoms with E-state index in [2.05, 4.69) is 20.8 Å². The molecule has 0 rings (SSSR count). The van der Waals surface area contributed by atoms with E-state index < -0.39 is 0 Å². The average Bonchev–Trinajstić information content (AvgIpc) is 2.49. The molecule has 2 nitrogen and oxygen atoms in total. The maximum atomic E-state index is 11.7. The van der Waals surface area contributed by atoms with Crippen molar-refractivity contribution in [1.82, 2.24) is 0 Å². The molecule has 0 aliphatic rings. The lowest BCUT2D eigenvalue weighted by molar-refractivity contribution is -0.144. The molecule has 0 bridgehead atoms. The van der Waals surface area contributed by atoms with Gasteiger partial charge in [-0.05, 0) is 18.8 Å². The van der Waals surface area contributed by atoms with Gasteiger partial charge in [-0.1, -0.05) is 85.0 Å². The molecular formula is C19H38O2. The van der Waals surface area contributed by atoms with Crippen molar-refractivity contribution < 1.29 is 9.53 Å². The van der Waals surface area contributed by atoms with Crippen LogP contribution in [0.2, 0.25) is 0 Å². The topological polar surface area (TPSA) is 26.3 Å². The van der Waals surface area contributed by atoms with Gasteiger partial charge in [0.15, 0.2) is 0 Å². The van der Waals surface area contributed by atoms with Crippen LogP contribution in [0.3, 0.4) is 0 Å². The van der Waals surface area contributed by atoms with Gasteiger partial charge >= 0.3 is 5.97 Å². The largest absolute Gasteiger partial charge is 0.466 e. The van der Waals surface area contributed by atoms with E-state index in [9.17, 15) is 4.79 Å². The summed E-state index contributed by atoms with van der Waals surface area (Å²) in [7, 11) is 0. The van der Waals surface area contributed by atoms with Crippen LogP contribution in [0.5, 0.6) is 0 Å². The molecule has 0 aromatic heterocycles. The normalized spacial score (nSPS) is 11.0. The fourth-order valence-electron chi connectivity index (χ4n) is 2.70. The Hall–Kier alpha value is -0.530. The Bertz CT molecular complexity index is 218. The van der Waals surface area contributed by atoms with Gasteiger partial charge in [0.25, 0.3) is 0 Å². The van der Waals surface area contributed by atoms with Gasteiger partial charge in [-0.15, -0.1) is 0 Å². The Kier molecular flexibility index (Phi) is 15.5. The number of unbranched alkanes of at least 4 members (excludes halogenated alkanes) is 6. The average molecular weight is 299 g/mol. The number of hydrogen-bond donors (Lipinski definition) is 0. The zero-order chi connectivity index (χ0) is 15.8. The predicted octanol–water partition coefficient (Wildman–Crippen LogP) is 6.28. The van der Waals surface area contributed by atoms with Gasteiger partial charge in [-0.25, -0.2) is 0 Å². The Labute approximate surface area is 133 Å². The first-order chi connectivity index (χ1) is 10.2. The highest BCUT2D eigenvalue weighted by Gasteiger charge is 2.09. The van der Waals surface area contributed by atoms with Gasteiger partial charge in [0.2, 0.25) is 0 Å². The first-order valence-corrected chi connectivity index (χ1v) is 9.40. The monoisotopic (exact) mass is 298 g/mol. The van der Waals surface area contributed by atoms with Crippen LogP contribution in [0.1, 0.15) is 104 Å². The summed E-state index contributed by atoms with van der Waals surface area (Å²) in [5, 5.41) is 0. The van der Waals surface area contributed by atoms with Gasteiger partial charge in [0, 0.05) is 6.42 Å². The maximum Gasteiger partial charge on any atom is 0.305 e. The third-order valence-corrected chi connectivity index (χ3v) is 4.21. The van der Waals surface area contributed by atoms with E-state index in [-0.39, 0.29) is 5.97 Å². The van der Waals surface area contributed by atoms with E-state index in [4.69, 9.17) is 4.74 Å². The van der Waals surface area contributed by atoms with Crippen molar-refractivity contribution in [2.24, 2.45) is 5.92 Å². The van der Waals surface area contributed by atoms with Crippen molar-refractivity contribution >= 4 is 5.97 Å². The highest BCUT2D eigenvalue weighted by atomic mass is 16.5. The van der Waals surface area contributed by atoms with Crippen LogP contribution in [0.15, 0.2) is 0 Å². The summed E-state index contributed by atoms with van der Waals surface area (Å²) in [5.74, 6) is 0.762. The first-order valence-electron chi connectivity index (χ1n) is 9.40. The summed E-state index contributed by atoms with van der Waals surface area (Å²) in [5.41, 5.74) is 0. The fourth-order valence-corrected chi connectivity index (χ4v) is 2.70. The van der Waals surface area contributed by atoms with Crippen molar-refractivity contribution in [3.05, 3.63) is 0 Å². The third-order valence-electron chi connectivity index (χ3n) is 4.21. The minimum absolute atomic E-state index is 0.0104. The molecule has 126 valence electrons. The van der Waals surface area contributed by atoms with Crippen molar-refractivity contribution in [2.75, 3.05) is 6.61 Å². The van der Waals surface area contributed by atoms with Gasteiger partial charge in [-0.3, -0.25) is 4.79 Å². The molecule has 0 radical (unpaired) electrons. The van der Waals surface area contributed by atoms with Gasteiger partial charge in [-0.2, -0.15) is 0 Å². The lowest BCUT2D eigenvalue weighted by Gasteiger charge is -2.16. The molecule has 0 aliphatic heterocycles. The zero-order valence-electron chi connectivity index (χ0n) is 14.8. The molecule has 0 spiro atoms. The van der Waals surface area contributed by atoms with Crippen LogP contribution in [0.25, 0.3) is 0 Å². The van der Waals surface area contributed by atoms with Crippen molar-refractivity contribution in [2.45, 2.75) is 104 Å². The maximum absolute atomic E-state index is 11.7. The highest BCUT2D eigenvalue weighted by Crippen LogP contribution is 2.20. The van der Waals surface area contributed by atoms with E-state index in [1.165, 1.54) is 64.2 Å². The zero-order valence-corrected chi connectivity index (χ0v) is 14.8. The molecule has 0 atom stereocenters. The first kappa shape index (κ1) is 20.5. The fraction of sp³-hybridized carbons (Fsp3) is 0.947. The molecular weight excluding hydrogens is 260 g/mol. The lowest BCUT2D eigenvalue weighted by atomic mass is 9.93. The smallest absolute Gasteiger partial charge is 0.305 e. The van der Waals surface area contributed by atoms with E-state index in [1.54, 1.807) is 0 Å². The second-order valence-corrected chi connectivity index (χ2v) is 6.32. The standard InChI is InChI=1S/C19H38O2/c1-4-7-10-11-12-15-19(20)21-17-16-18(13-8-5-2)14-9-6-3/h18H,4-17H2,1-3H3. The molecule has 0 aliphatic carbocycles. The molecule has 21 heavy (non-hydrogen) atoms. The molecule has 0 heterocycles. The molecule has 0 aromatic carbocycles. The van der Waals surface area contributed by atoms with Crippen LogP contribution >= 0.6 is 0 Å². The minimum Gasteiger partial charge on any atom is -0.466 e. The van der Waals surface area contributed by atoms with Crippen LogP contribution < -0.4 is 0 Å². The number of rotatable bonds is 15. The number of hydrogen-bond acceptors (Lipinski definition) is 2. The summed E-state index contributed by atoms with van der Waals surface area (Å²) >= 11 is 0. The van der Waals surface area contributed by atoms with E-state index in [0.717, 1.165) is 18.8 Å². The summed E-state index contributed by atoms with van der Waals surface area (Å²) in [6, 6.07) is 0. The Morgan fingerprint density at radius 1 is 0.762 bits per heavy atom. The predicted molar refractivity (Wildman–Crippen MR) is 91.5 cm³/mol. The molecule has 0 saturated carbocycles. The number of esters is 1. The summed E-state index contributed by atoms with van der Waals surface area (Å²) in [6.45, 7) is 7.33. The lowest BCUT2D eigenvalue weighted by Crippen LogP contribution is -2.10. The molecule has 0 unspecified atom stereocenters. The van der Waals surface area contributed by atoms with E-state index in [0.29, 0.717) is 13.0 Å². The molecule has 0 saturated heterocycles.